The van der Waals surface area contributed by atoms with Gasteiger partial charge in [-0.25, -0.2) is 0 Å². The Balaban J connectivity index is 1.77. The number of benzene rings is 3. The summed E-state index contributed by atoms with van der Waals surface area (Å²) in [4.78, 5) is 4.01. The number of hydrogen-bond donors (Lipinski definition) is 0. The molecule has 27 heavy (non-hydrogen) atoms. The van der Waals surface area contributed by atoms with Gasteiger partial charge in [0.15, 0.2) is 0 Å². The van der Waals surface area contributed by atoms with Gasteiger partial charge in [0.2, 0.25) is 0 Å². The lowest BCUT2D eigenvalue weighted by Crippen LogP contribution is -2.12. The third-order valence-electron chi connectivity index (χ3n) is 4.27. The zero-order valence-electron chi connectivity index (χ0n) is 16.3. The minimum Gasteiger partial charge on any atom is -0.121 e. The van der Waals surface area contributed by atoms with Crippen LogP contribution in [0.15, 0.2) is 87.5 Å². The molecular weight excluding hydrogens is 384 g/mol. The second-order valence-electron chi connectivity index (χ2n) is 6.87. The Morgan fingerprint density at radius 3 is 1.11 bits per heavy atom. The van der Waals surface area contributed by atoms with Crippen LogP contribution in [0.25, 0.3) is 0 Å². The Hall–Kier alpha value is -1.29. The molecule has 0 amide bonds. The van der Waals surface area contributed by atoms with Crippen LogP contribution in [0.5, 0.6) is 0 Å². The van der Waals surface area contributed by atoms with Crippen molar-refractivity contribution in [2.75, 3.05) is 0 Å². The zero-order chi connectivity index (χ0) is 19.2. The van der Waals surface area contributed by atoms with Gasteiger partial charge in [-0.05, 0) is 57.2 Å². The van der Waals surface area contributed by atoms with Crippen LogP contribution in [0, 0.1) is 20.8 Å². The van der Waals surface area contributed by atoms with Crippen LogP contribution < -0.4 is 0 Å². The van der Waals surface area contributed by atoms with Gasteiger partial charge in [-0.15, -0.1) is 35.3 Å². The van der Waals surface area contributed by atoms with Crippen LogP contribution in [0.4, 0.5) is 0 Å². The highest BCUT2D eigenvalue weighted by Crippen LogP contribution is 2.43. The molecule has 0 nitrogen and oxygen atoms in total. The minimum atomic E-state index is 0.432. The Morgan fingerprint density at radius 2 is 0.778 bits per heavy atom. The maximum Gasteiger partial charge on any atom is 0.0715 e. The molecule has 0 aromatic heterocycles. The molecule has 0 heterocycles. The van der Waals surface area contributed by atoms with Crippen molar-refractivity contribution in [1.29, 1.82) is 0 Å². The molecule has 0 N–H and O–H groups in total. The van der Waals surface area contributed by atoms with Crippen molar-refractivity contribution in [3.63, 3.8) is 0 Å². The van der Waals surface area contributed by atoms with E-state index in [0.29, 0.717) is 9.83 Å². The van der Waals surface area contributed by atoms with Crippen LogP contribution in [0.3, 0.4) is 0 Å². The summed E-state index contributed by atoms with van der Waals surface area (Å²) in [6.45, 7) is 8.77. The lowest BCUT2D eigenvalue weighted by Gasteiger charge is -2.23. The second-order valence-corrected chi connectivity index (χ2v) is 11.0. The van der Waals surface area contributed by atoms with Gasteiger partial charge in [-0.2, -0.15) is 0 Å². The molecule has 0 spiro atoms. The molecule has 0 saturated carbocycles. The molecule has 0 unspecified atom stereocenters. The summed E-state index contributed by atoms with van der Waals surface area (Å²) in [5.74, 6) is 0. The fourth-order valence-corrected chi connectivity index (χ4v) is 6.47. The number of thioether (sulfide) groups is 3. The van der Waals surface area contributed by atoms with Gasteiger partial charge in [-0.3, -0.25) is 0 Å². The van der Waals surface area contributed by atoms with E-state index >= 15 is 0 Å². The third-order valence-corrected chi connectivity index (χ3v) is 8.75. The van der Waals surface area contributed by atoms with Crippen molar-refractivity contribution < 1.29 is 0 Å². The quantitative estimate of drug-likeness (QED) is 0.286. The summed E-state index contributed by atoms with van der Waals surface area (Å²) in [6, 6.07) is 26.6. The van der Waals surface area contributed by atoms with Gasteiger partial charge in [-0.1, -0.05) is 60.0 Å². The summed E-state index contributed by atoms with van der Waals surface area (Å²) in [5.41, 5.74) is 3.93. The maximum absolute atomic E-state index is 2.34. The fourth-order valence-electron chi connectivity index (χ4n) is 2.60. The van der Waals surface area contributed by atoms with Crippen LogP contribution >= 0.6 is 35.3 Å². The van der Waals surface area contributed by atoms with E-state index in [0.717, 1.165) is 0 Å². The van der Waals surface area contributed by atoms with E-state index in [-0.39, 0.29) is 0 Å². The maximum atomic E-state index is 2.34. The molecule has 140 valence electrons. The molecule has 0 aliphatic carbocycles. The van der Waals surface area contributed by atoms with Crippen molar-refractivity contribution in [2.45, 2.75) is 52.2 Å². The Labute approximate surface area is 176 Å². The van der Waals surface area contributed by atoms with E-state index in [4.69, 9.17) is 0 Å². The van der Waals surface area contributed by atoms with Crippen LogP contribution in [-0.4, -0.2) is 9.83 Å². The van der Waals surface area contributed by atoms with Gasteiger partial charge < -0.3 is 0 Å². The number of hydrogen-bond acceptors (Lipinski definition) is 3. The highest BCUT2D eigenvalue weighted by Gasteiger charge is 2.21. The van der Waals surface area contributed by atoms with E-state index in [1.54, 1.807) is 0 Å². The first kappa shape index (κ1) is 20.4. The highest BCUT2D eigenvalue weighted by molar-refractivity contribution is 8.18. The van der Waals surface area contributed by atoms with E-state index in [2.05, 4.69) is 100 Å². The molecule has 0 bridgehead atoms. The lowest BCUT2D eigenvalue weighted by molar-refractivity contribution is 1.07. The molecule has 3 aromatic rings. The zero-order valence-corrected chi connectivity index (χ0v) is 18.8. The van der Waals surface area contributed by atoms with Gasteiger partial charge in [0.05, 0.1) is 4.58 Å². The monoisotopic (exact) mass is 410 g/mol. The smallest absolute Gasteiger partial charge is 0.0715 e. The minimum absolute atomic E-state index is 0.432. The van der Waals surface area contributed by atoms with Crippen LogP contribution in [0.1, 0.15) is 23.6 Å². The third kappa shape index (κ3) is 6.38. The Kier molecular flexibility index (Phi) is 7.40. The van der Waals surface area contributed by atoms with Gasteiger partial charge in [0.1, 0.15) is 0 Å². The second kappa shape index (κ2) is 9.77. The summed E-state index contributed by atoms with van der Waals surface area (Å²) in [7, 11) is 0. The van der Waals surface area contributed by atoms with Crippen LogP contribution in [-0.2, 0) is 0 Å². The first-order valence-electron chi connectivity index (χ1n) is 9.19. The molecule has 3 aromatic carbocycles. The largest absolute Gasteiger partial charge is 0.121 e. The van der Waals surface area contributed by atoms with E-state index in [1.165, 1.54) is 31.4 Å². The van der Waals surface area contributed by atoms with Crippen molar-refractivity contribution in [3.8, 4) is 0 Å². The molecule has 3 rings (SSSR count). The number of aryl methyl sites for hydroxylation is 3. The number of rotatable bonds is 7. The molecule has 1 atom stereocenters. The Bertz CT molecular complexity index is 789. The molecule has 3 heteroatoms. The predicted octanol–water partition coefficient (Wildman–Crippen LogP) is 8.00. The van der Waals surface area contributed by atoms with Gasteiger partial charge in [0, 0.05) is 19.9 Å². The molecule has 0 aliphatic heterocycles. The average Bonchev–Trinajstić information content (AvgIpc) is 2.66. The normalized spacial score (nSPS) is 12.3. The summed E-state index contributed by atoms with van der Waals surface area (Å²) in [5, 5.41) is 0.477. The van der Waals surface area contributed by atoms with Crippen molar-refractivity contribution in [1.82, 2.24) is 0 Å². The predicted molar refractivity (Wildman–Crippen MR) is 124 cm³/mol. The first-order chi connectivity index (χ1) is 13.0. The van der Waals surface area contributed by atoms with Crippen molar-refractivity contribution >= 4 is 35.3 Å². The first-order valence-corrected chi connectivity index (χ1v) is 11.8. The average molecular weight is 411 g/mol. The highest BCUT2D eigenvalue weighted by atomic mass is 32.2. The lowest BCUT2D eigenvalue weighted by atomic mass is 10.2. The van der Waals surface area contributed by atoms with Crippen molar-refractivity contribution in [2.24, 2.45) is 0 Å². The van der Waals surface area contributed by atoms with E-state index in [1.807, 2.05) is 35.3 Å². The van der Waals surface area contributed by atoms with Gasteiger partial charge >= 0.3 is 0 Å². The summed E-state index contributed by atoms with van der Waals surface area (Å²) < 4.78 is 0.432. The molecular formula is C24H26S3. The standard InChI is InChI=1S/C24H26S3/c1-17-5-11-21(12-6-17)25-20(4)24(26-22-13-7-18(2)8-14-22)27-23-15-9-19(3)10-16-23/h5-16,20,24H,1-4H3/t20-/m1/s1. The molecule has 0 saturated heterocycles. The molecule has 0 aliphatic rings. The SMILES string of the molecule is Cc1ccc(SC(Sc2ccc(C)cc2)[C@@H](C)Sc2ccc(C)cc2)cc1. The molecule has 0 fully saturated rings. The van der Waals surface area contributed by atoms with Gasteiger partial charge in [0.25, 0.3) is 0 Å². The van der Waals surface area contributed by atoms with E-state index < -0.39 is 0 Å². The topological polar surface area (TPSA) is 0 Å². The Morgan fingerprint density at radius 1 is 0.481 bits per heavy atom. The summed E-state index contributed by atoms with van der Waals surface area (Å²) in [6.07, 6.45) is 0. The molecule has 0 radical (unpaired) electrons. The summed E-state index contributed by atoms with van der Waals surface area (Å²) >= 11 is 5.90. The fraction of sp³-hybridized carbons (Fsp3) is 0.250. The van der Waals surface area contributed by atoms with Crippen LogP contribution in [0.2, 0.25) is 0 Å². The van der Waals surface area contributed by atoms with Crippen molar-refractivity contribution in [3.05, 3.63) is 89.5 Å². The van der Waals surface area contributed by atoms with E-state index in [9.17, 15) is 0 Å².